The molecule has 5 nitrogen and oxygen atoms in total. The maximum atomic E-state index is 12.4. The van der Waals surface area contributed by atoms with Crippen molar-refractivity contribution in [1.29, 1.82) is 0 Å². The van der Waals surface area contributed by atoms with E-state index in [0.717, 1.165) is 12.8 Å². The minimum atomic E-state index is -0.108. The van der Waals surface area contributed by atoms with Crippen LogP contribution in [0.1, 0.15) is 40.7 Å². The molecule has 0 saturated carbocycles. The number of fused-ring (bicyclic) bond motifs is 1. The molecule has 1 saturated heterocycles. The van der Waals surface area contributed by atoms with Crippen molar-refractivity contribution < 1.29 is 14.3 Å². The van der Waals surface area contributed by atoms with Crippen LogP contribution < -0.4 is 5.32 Å². The molecule has 1 unspecified atom stereocenters. The zero-order chi connectivity index (χ0) is 16.2. The third kappa shape index (κ3) is 3.72. The highest BCUT2D eigenvalue weighted by Gasteiger charge is 2.30. The minimum Gasteiger partial charge on any atom is -0.383 e. The van der Waals surface area contributed by atoms with Crippen LogP contribution in [0.15, 0.2) is 18.2 Å². The summed E-state index contributed by atoms with van der Waals surface area (Å²) in [6.07, 6.45) is 4.98. The van der Waals surface area contributed by atoms with Gasteiger partial charge in [0.2, 0.25) is 5.91 Å². The van der Waals surface area contributed by atoms with E-state index in [2.05, 4.69) is 11.4 Å². The van der Waals surface area contributed by atoms with Crippen molar-refractivity contribution in [3.8, 4) is 0 Å². The van der Waals surface area contributed by atoms with Crippen LogP contribution >= 0.6 is 0 Å². The summed E-state index contributed by atoms with van der Waals surface area (Å²) >= 11 is 0. The van der Waals surface area contributed by atoms with E-state index in [1.54, 1.807) is 12.0 Å². The second-order valence-electron chi connectivity index (χ2n) is 6.40. The number of carbonyl (C=O) groups excluding carboxylic acids is 2. The van der Waals surface area contributed by atoms with Crippen molar-refractivity contribution >= 4 is 11.8 Å². The van der Waals surface area contributed by atoms with E-state index >= 15 is 0 Å². The number of aryl methyl sites for hydroxylation is 2. The van der Waals surface area contributed by atoms with Crippen LogP contribution in [0.3, 0.4) is 0 Å². The van der Waals surface area contributed by atoms with Gasteiger partial charge in [0.1, 0.15) is 0 Å². The molecule has 2 aliphatic rings. The van der Waals surface area contributed by atoms with Crippen molar-refractivity contribution in [3.63, 3.8) is 0 Å². The zero-order valence-electron chi connectivity index (χ0n) is 13.6. The summed E-state index contributed by atoms with van der Waals surface area (Å²) in [6.45, 7) is 1.68. The molecule has 124 valence electrons. The highest BCUT2D eigenvalue weighted by Crippen LogP contribution is 2.22. The third-order valence-electron chi connectivity index (χ3n) is 4.73. The minimum absolute atomic E-state index is 0.0789. The average molecular weight is 316 g/mol. The van der Waals surface area contributed by atoms with E-state index in [9.17, 15) is 9.59 Å². The van der Waals surface area contributed by atoms with Gasteiger partial charge >= 0.3 is 0 Å². The second-order valence-corrected chi connectivity index (χ2v) is 6.40. The number of nitrogens with zero attached hydrogens (tertiary/aromatic N) is 1. The Hall–Kier alpha value is -1.88. The van der Waals surface area contributed by atoms with E-state index in [0.29, 0.717) is 31.7 Å². The molecule has 1 aliphatic heterocycles. The number of benzene rings is 1. The molecule has 0 aromatic heterocycles. The first kappa shape index (κ1) is 16.0. The molecule has 1 aromatic carbocycles. The molecule has 0 radical (unpaired) electrons. The Labute approximate surface area is 137 Å². The number of ether oxygens (including phenoxy) is 1. The fraction of sp³-hybridized carbons (Fsp3) is 0.556. The lowest BCUT2D eigenvalue weighted by atomic mass is 9.90. The number of carbonyl (C=O) groups is 2. The van der Waals surface area contributed by atoms with Gasteiger partial charge in [0, 0.05) is 32.2 Å². The fourth-order valence-corrected chi connectivity index (χ4v) is 3.43. The first-order valence-corrected chi connectivity index (χ1v) is 8.37. The lowest BCUT2D eigenvalue weighted by Crippen LogP contribution is -2.37. The predicted molar refractivity (Wildman–Crippen MR) is 87.4 cm³/mol. The van der Waals surface area contributed by atoms with E-state index in [-0.39, 0.29) is 17.9 Å². The standard InChI is InChI=1S/C18H24N2O3/c1-23-9-8-20-12-16(11-17(20)21)19-18(22)15-7-6-13-4-2-3-5-14(13)10-15/h6-7,10,16H,2-5,8-9,11-12H2,1H3,(H,19,22). The number of rotatable bonds is 5. The quantitative estimate of drug-likeness (QED) is 0.896. The molecule has 1 aliphatic carbocycles. The molecule has 2 amide bonds. The number of hydrogen-bond donors (Lipinski definition) is 1. The molecule has 3 rings (SSSR count). The number of nitrogens with one attached hydrogen (secondary N) is 1. The zero-order valence-corrected chi connectivity index (χ0v) is 13.6. The van der Waals surface area contributed by atoms with Crippen molar-refractivity contribution in [1.82, 2.24) is 10.2 Å². The first-order valence-electron chi connectivity index (χ1n) is 8.37. The summed E-state index contributed by atoms with van der Waals surface area (Å²) in [4.78, 5) is 26.1. The number of amides is 2. The van der Waals surface area contributed by atoms with Gasteiger partial charge < -0.3 is 15.0 Å². The Morgan fingerprint density at radius 1 is 1.30 bits per heavy atom. The Bertz CT molecular complexity index is 600. The smallest absolute Gasteiger partial charge is 0.251 e. The molecule has 0 bridgehead atoms. The summed E-state index contributed by atoms with van der Waals surface area (Å²) < 4.78 is 5.01. The maximum Gasteiger partial charge on any atom is 0.251 e. The predicted octanol–water partition coefficient (Wildman–Crippen LogP) is 1.54. The van der Waals surface area contributed by atoms with E-state index in [1.807, 2.05) is 12.1 Å². The van der Waals surface area contributed by atoms with Crippen LogP contribution in [0, 0.1) is 0 Å². The summed E-state index contributed by atoms with van der Waals surface area (Å²) in [6, 6.07) is 5.89. The van der Waals surface area contributed by atoms with Crippen LogP contribution in [-0.4, -0.2) is 49.6 Å². The first-order chi connectivity index (χ1) is 11.2. The summed E-state index contributed by atoms with van der Waals surface area (Å²) in [7, 11) is 1.62. The van der Waals surface area contributed by atoms with Gasteiger partial charge in [-0.25, -0.2) is 0 Å². The van der Waals surface area contributed by atoms with Gasteiger partial charge in [-0.2, -0.15) is 0 Å². The Balaban J connectivity index is 1.60. The molecule has 1 fully saturated rings. The molecule has 0 spiro atoms. The van der Waals surface area contributed by atoms with E-state index in [4.69, 9.17) is 4.74 Å². The van der Waals surface area contributed by atoms with Crippen LogP contribution in [-0.2, 0) is 22.4 Å². The maximum absolute atomic E-state index is 12.4. The van der Waals surface area contributed by atoms with Gasteiger partial charge in [-0.1, -0.05) is 6.07 Å². The van der Waals surface area contributed by atoms with E-state index < -0.39 is 0 Å². The van der Waals surface area contributed by atoms with Crippen molar-refractivity contribution in [3.05, 3.63) is 34.9 Å². The van der Waals surface area contributed by atoms with Gasteiger partial charge in [-0.15, -0.1) is 0 Å². The molecule has 23 heavy (non-hydrogen) atoms. The fourth-order valence-electron chi connectivity index (χ4n) is 3.43. The van der Waals surface area contributed by atoms with Gasteiger partial charge in [-0.05, 0) is 48.9 Å². The molecule has 1 atom stereocenters. The normalized spacial score (nSPS) is 20.5. The summed E-state index contributed by atoms with van der Waals surface area (Å²) in [5.41, 5.74) is 3.37. The van der Waals surface area contributed by atoms with Crippen LogP contribution in [0.2, 0.25) is 0 Å². The van der Waals surface area contributed by atoms with Crippen molar-refractivity contribution in [2.24, 2.45) is 0 Å². The number of hydrogen-bond acceptors (Lipinski definition) is 3. The SMILES string of the molecule is COCCN1CC(NC(=O)c2ccc3c(c2)CCCC3)CC1=O. The topological polar surface area (TPSA) is 58.6 Å². The van der Waals surface area contributed by atoms with Crippen molar-refractivity contribution in [2.45, 2.75) is 38.1 Å². The highest BCUT2D eigenvalue weighted by atomic mass is 16.5. The van der Waals surface area contributed by atoms with Crippen LogP contribution in [0.5, 0.6) is 0 Å². The lowest BCUT2D eigenvalue weighted by molar-refractivity contribution is -0.128. The Kier molecular flexibility index (Phi) is 4.96. The molecule has 5 heteroatoms. The van der Waals surface area contributed by atoms with Gasteiger partial charge in [0.15, 0.2) is 0 Å². The Morgan fingerprint density at radius 3 is 2.87 bits per heavy atom. The average Bonchev–Trinajstić information content (AvgIpc) is 2.91. The molecular formula is C18H24N2O3. The van der Waals surface area contributed by atoms with Gasteiger partial charge in [-0.3, -0.25) is 9.59 Å². The third-order valence-corrected chi connectivity index (χ3v) is 4.73. The Morgan fingerprint density at radius 2 is 2.09 bits per heavy atom. The molecule has 1 heterocycles. The highest BCUT2D eigenvalue weighted by molar-refractivity contribution is 5.95. The van der Waals surface area contributed by atoms with Crippen LogP contribution in [0.4, 0.5) is 0 Å². The summed E-state index contributed by atoms with van der Waals surface area (Å²) in [5, 5.41) is 3.00. The van der Waals surface area contributed by atoms with Gasteiger partial charge in [0.05, 0.1) is 12.6 Å². The lowest BCUT2D eigenvalue weighted by Gasteiger charge is -2.18. The molecule has 1 aromatic rings. The second kappa shape index (κ2) is 7.13. The molecule has 1 N–H and O–H groups in total. The van der Waals surface area contributed by atoms with Crippen molar-refractivity contribution in [2.75, 3.05) is 26.8 Å². The largest absolute Gasteiger partial charge is 0.383 e. The number of likely N-dealkylation sites (tertiary alicyclic amines) is 1. The monoisotopic (exact) mass is 316 g/mol. The molecular weight excluding hydrogens is 292 g/mol. The summed E-state index contributed by atoms with van der Waals surface area (Å²) in [5.74, 6) is 0.00237. The number of methoxy groups -OCH3 is 1. The van der Waals surface area contributed by atoms with Gasteiger partial charge in [0.25, 0.3) is 5.91 Å². The van der Waals surface area contributed by atoms with E-state index in [1.165, 1.54) is 24.0 Å². The van der Waals surface area contributed by atoms with Crippen LogP contribution in [0.25, 0.3) is 0 Å².